The Labute approximate surface area is 121 Å². The fourth-order valence-electron chi connectivity index (χ4n) is 1.76. The number of nitrogen functional groups attached to an aromatic ring is 1. The summed E-state index contributed by atoms with van der Waals surface area (Å²) in [5, 5.41) is 11.3. The van der Waals surface area contributed by atoms with Gasteiger partial charge in [0.2, 0.25) is 11.6 Å². The van der Waals surface area contributed by atoms with E-state index in [1.165, 1.54) is 0 Å². The molecule has 0 aliphatic rings. The summed E-state index contributed by atoms with van der Waals surface area (Å²) in [5.74, 6) is 1.73. The van der Waals surface area contributed by atoms with Crippen molar-refractivity contribution < 1.29 is 14.1 Å². The largest absolute Gasteiger partial charge is 0.493 e. The maximum absolute atomic E-state index is 5.55. The van der Waals surface area contributed by atoms with E-state index in [-0.39, 0.29) is 11.6 Å². The highest BCUT2D eigenvalue weighted by atomic mass is 16.6. The lowest BCUT2D eigenvalue weighted by Crippen LogP contribution is -2.05. The van der Waals surface area contributed by atoms with Crippen LogP contribution in [0, 0.1) is 0 Å². The average molecular weight is 291 g/mol. The summed E-state index contributed by atoms with van der Waals surface area (Å²) in [7, 11) is 3.18. The summed E-state index contributed by atoms with van der Waals surface area (Å²) in [5.41, 5.74) is 9.99. The van der Waals surface area contributed by atoms with Crippen LogP contribution in [0.15, 0.2) is 27.9 Å². The molecule has 1 aromatic carbocycles. The Balaban J connectivity index is 2.26. The Kier molecular flexibility index (Phi) is 4.60. The second-order valence-electron chi connectivity index (χ2n) is 4.09. The molecule has 2 aromatic rings. The summed E-state index contributed by atoms with van der Waals surface area (Å²) in [4.78, 5) is 0. The second-order valence-corrected chi connectivity index (χ2v) is 4.09. The van der Waals surface area contributed by atoms with Gasteiger partial charge >= 0.3 is 0 Å². The maximum Gasteiger partial charge on any atom is 0.235 e. The minimum atomic E-state index is 0.154. The summed E-state index contributed by atoms with van der Waals surface area (Å²) in [6.07, 6.45) is 0.702. The van der Waals surface area contributed by atoms with E-state index in [0.717, 1.165) is 11.3 Å². The summed E-state index contributed by atoms with van der Waals surface area (Å²) in [6.45, 7) is 1.99. The minimum absolute atomic E-state index is 0.154. The van der Waals surface area contributed by atoms with Crippen molar-refractivity contribution in [3.8, 4) is 11.5 Å². The van der Waals surface area contributed by atoms with Crippen LogP contribution in [0.3, 0.4) is 0 Å². The van der Waals surface area contributed by atoms with Crippen LogP contribution in [0.4, 0.5) is 11.6 Å². The number of rotatable bonds is 6. The number of aromatic nitrogens is 2. The van der Waals surface area contributed by atoms with E-state index in [2.05, 4.69) is 25.5 Å². The van der Waals surface area contributed by atoms with Crippen molar-refractivity contribution in [2.75, 3.05) is 25.4 Å². The fourth-order valence-corrected chi connectivity index (χ4v) is 1.76. The van der Waals surface area contributed by atoms with Crippen molar-refractivity contribution >= 4 is 17.3 Å². The van der Waals surface area contributed by atoms with Gasteiger partial charge in [-0.3, -0.25) is 5.43 Å². The summed E-state index contributed by atoms with van der Waals surface area (Å²) in [6, 6.07) is 5.58. The zero-order valence-electron chi connectivity index (χ0n) is 12.1. The number of anilines is 2. The number of nitrogens with zero attached hydrogens (tertiary/aromatic N) is 3. The first-order chi connectivity index (χ1) is 10.2. The maximum atomic E-state index is 5.55. The number of hydrogen-bond donors (Lipinski definition) is 2. The van der Waals surface area contributed by atoms with Gasteiger partial charge < -0.3 is 15.2 Å². The molecule has 0 saturated heterocycles. The topological polar surface area (TPSA) is 108 Å². The molecule has 21 heavy (non-hydrogen) atoms. The van der Waals surface area contributed by atoms with Gasteiger partial charge in [-0.2, -0.15) is 5.10 Å². The molecule has 0 spiro atoms. The van der Waals surface area contributed by atoms with Crippen LogP contribution in [0.2, 0.25) is 0 Å². The Morgan fingerprint density at radius 2 is 2.05 bits per heavy atom. The molecule has 2 rings (SSSR count). The standard InChI is InChI=1S/C13H17N5O3/c1-4-9(15-16-13-12(14)17-21-18-13)8-5-6-10(19-2)11(7-8)20-3/h5-7H,4H2,1-3H3,(H2,14,17)(H,16,18)/b15-9+. The molecule has 3 N–H and O–H groups in total. The molecule has 8 heteroatoms. The number of nitrogens with one attached hydrogen (secondary N) is 1. The van der Waals surface area contributed by atoms with Crippen molar-refractivity contribution in [1.82, 2.24) is 10.3 Å². The van der Waals surface area contributed by atoms with Gasteiger partial charge in [0.1, 0.15) is 0 Å². The third-order valence-electron chi connectivity index (χ3n) is 2.86. The van der Waals surface area contributed by atoms with Gasteiger partial charge in [-0.05, 0) is 34.9 Å². The number of hydrogen-bond acceptors (Lipinski definition) is 8. The van der Waals surface area contributed by atoms with Gasteiger partial charge in [-0.15, -0.1) is 0 Å². The molecule has 0 fully saturated rings. The van der Waals surface area contributed by atoms with E-state index in [1.807, 2.05) is 25.1 Å². The van der Waals surface area contributed by atoms with Crippen molar-refractivity contribution in [2.45, 2.75) is 13.3 Å². The van der Waals surface area contributed by atoms with Crippen LogP contribution in [-0.2, 0) is 0 Å². The number of benzene rings is 1. The lowest BCUT2D eigenvalue weighted by atomic mass is 10.1. The second kappa shape index (κ2) is 6.60. The third-order valence-corrected chi connectivity index (χ3v) is 2.86. The van der Waals surface area contributed by atoms with E-state index in [9.17, 15) is 0 Å². The molecule has 0 bridgehead atoms. The Hall–Kier alpha value is -2.77. The molecule has 0 aliphatic carbocycles. The molecule has 0 aliphatic heterocycles. The van der Waals surface area contributed by atoms with Gasteiger partial charge in [0.25, 0.3) is 0 Å². The molecule has 112 valence electrons. The van der Waals surface area contributed by atoms with E-state index < -0.39 is 0 Å². The lowest BCUT2D eigenvalue weighted by Gasteiger charge is -2.10. The molecule has 0 saturated carbocycles. The quantitative estimate of drug-likeness (QED) is 0.618. The Bertz CT molecular complexity index is 638. The fraction of sp³-hybridized carbons (Fsp3) is 0.308. The van der Waals surface area contributed by atoms with Crippen molar-refractivity contribution in [2.24, 2.45) is 5.10 Å². The first kappa shape index (κ1) is 14.6. The molecular formula is C13H17N5O3. The predicted octanol–water partition coefficient (Wildman–Crippen LogP) is 1.90. The van der Waals surface area contributed by atoms with Crippen LogP contribution in [-0.4, -0.2) is 30.2 Å². The highest BCUT2D eigenvalue weighted by Crippen LogP contribution is 2.28. The molecule has 0 radical (unpaired) electrons. The smallest absolute Gasteiger partial charge is 0.235 e. The number of hydrazone groups is 1. The van der Waals surface area contributed by atoms with Gasteiger partial charge in [-0.1, -0.05) is 6.92 Å². The van der Waals surface area contributed by atoms with Crippen molar-refractivity contribution in [3.05, 3.63) is 23.8 Å². The summed E-state index contributed by atoms with van der Waals surface area (Å²) < 4.78 is 15.0. The minimum Gasteiger partial charge on any atom is -0.493 e. The molecule has 0 atom stereocenters. The number of nitrogens with two attached hydrogens (primary N) is 1. The zero-order valence-corrected chi connectivity index (χ0v) is 12.1. The predicted molar refractivity (Wildman–Crippen MR) is 78.7 cm³/mol. The zero-order chi connectivity index (χ0) is 15.2. The van der Waals surface area contributed by atoms with Crippen LogP contribution < -0.4 is 20.6 Å². The van der Waals surface area contributed by atoms with E-state index in [0.29, 0.717) is 17.9 Å². The van der Waals surface area contributed by atoms with Crippen LogP contribution in [0.5, 0.6) is 11.5 Å². The van der Waals surface area contributed by atoms with Gasteiger partial charge in [-0.25, -0.2) is 4.63 Å². The number of methoxy groups -OCH3 is 2. The van der Waals surface area contributed by atoms with Crippen LogP contribution in [0.25, 0.3) is 0 Å². The van der Waals surface area contributed by atoms with Gasteiger partial charge in [0.15, 0.2) is 11.5 Å². The molecule has 1 aromatic heterocycles. The Morgan fingerprint density at radius 3 is 2.62 bits per heavy atom. The normalized spacial score (nSPS) is 11.3. The lowest BCUT2D eigenvalue weighted by molar-refractivity contribution is 0.310. The summed E-state index contributed by atoms with van der Waals surface area (Å²) >= 11 is 0. The highest BCUT2D eigenvalue weighted by molar-refractivity contribution is 6.01. The first-order valence-corrected chi connectivity index (χ1v) is 6.32. The average Bonchev–Trinajstić information content (AvgIpc) is 2.93. The van der Waals surface area contributed by atoms with Gasteiger partial charge in [0.05, 0.1) is 19.9 Å². The first-order valence-electron chi connectivity index (χ1n) is 6.32. The van der Waals surface area contributed by atoms with E-state index in [4.69, 9.17) is 15.2 Å². The third kappa shape index (κ3) is 3.22. The van der Waals surface area contributed by atoms with E-state index in [1.54, 1.807) is 14.2 Å². The van der Waals surface area contributed by atoms with Crippen LogP contribution >= 0.6 is 0 Å². The molecular weight excluding hydrogens is 274 g/mol. The van der Waals surface area contributed by atoms with E-state index >= 15 is 0 Å². The SMILES string of the molecule is CC/C(=N\Nc1nonc1N)c1ccc(OC)c(OC)c1. The number of ether oxygens (including phenoxy) is 2. The molecule has 8 nitrogen and oxygen atoms in total. The van der Waals surface area contributed by atoms with Crippen molar-refractivity contribution in [3.63, 3.8) is 0 Å². The highest BCUT2D eigenvalue weighted by Gasteiger charge is 2.09. The monoisotopic (exact) mass is 291 g/mol. The molecule has 0 unspecified atom stereocenters. The van der Waals surface area contributed by atoms with Gasteiger partial charge in [0, 0.05) is 5.56 Å². The van der Waals surface area contributed by atoms with Crippen LogP contribution in [0.1, 0.15) is 18.9 Å². The van der Waals surface area contributed by atoms with Crippen molar-refractivity contribution in [1.29, 1.82) is 0 Å². The molecule has 1 heterocycles. The Morgan fingerprint density at radius 1 is 1.29 bits per heavy atom. The molecule has 0 amide bonds.